The van der Waals surface area contributed by atoms with Crippen molar-refractivity contribution in [1.82, 2.24) is 0 Å². The second kappa shape index (κ2) is 9.16. The first-order valence-electron chi connectivity index (χ1n) is 12.9. The van der Waals surface area contributed by atoms with Crippen LogP contribution in [0.4, 0.5) is 0 Å². The van der Waals surface area contributed by atoms with Gasteiger partial charge in [0.15, 0.2) is 22.9 Å². The van der Waals surface area contributed by atoms with E-state index in [1.54, 1.807) is 6.07 Å². The largest absolute Gasteiger partial charge is 0.542 e. The minimum absolute atomic E-state index is 0.0174. The molecule has 12 heteroatoms. The second-order valence-electron chi connectivity index (χ2n) is 11.2. The SMILES string of the molecule is C[C@]1(Oc2ccc3c(=O)c(-c4ccc5c(c4)OCCO5)c(C(=O)[O-])oc3c2)O[C@@](C)(CO)[C@](C)(O)[C@@](C)(O)[C@@]1(C)O. The highest BCUT2D eigenvalue weighted by molar-refractivity contribution is 5.96. The van der Waals surface area contributed by atoms with E-state index < -0.39 is 52.0 Å². The van der Waals surface area contributed by atoms with Gasteiger partial charge >= 0.3 is 0 Å². The summed E-state index contributed by atoms with van der Waals surface area (Å²) < 4.78 is 28.6. The van der Waals surface area contributed by atoms with Crippen LogP contribution in [-0.2, 0) is 4.74 Å². The fourth-order valence-electron chi connectivity index (χ4n) is 5.43. The predicted molar refractivity (Wildman–Crippen MR) is 141 cm³/mol. The van der Waals surface area contributed by atoms with Crippen LogP contribution < -0.4 is 24.7 Å². The van der Waals surface area contributed by atoms with Crippen molar-refractivity contribution in [3.05, 3.63) is 52.4 Å². The molecule has 5 atom stereocenters. The number of ether oxygens (including phenoxy) is 4. The van der Waals surface area contributed by atoms with Crippen molar-refractivity contribution >= 4 is 16.9 Å². The number of hydrogen-bond donors (Lipinski definition) is 4. The molecule has 5 rings (SSSR count). The summed E-state index contributed by atoms with van der Waals surface area (Å²) in [6.45, 7) is 6.18. The van der Waals surface area contributed by atoms with Crippen LogP contribution in [0.5, 0.6) is 17.2 Å². The van der Waals surface area contributed by atoms with Crippen molar-refractivity contribution in [2.45, 2.75) is 62.8 Å². The maximum absolute atomic E-state index is 13.6. The van der Waals surface area contributed by atoms with Gasteiger partial charge in [-0.25, -0.2) is 0 Å². The molecule has 3 heterocycles. The third kappa shape index (κ3) is 4.01. The van der Waals surface area contributed by atoms with E-state index in [2.05, 4.69) is 0 Å². The van der Waals surface area contributed by atoms with Crippen LogP contribution in [0.1, 0.15) is 45.2 Å². The molecule has 0 spiro atoms. The fraction of sp³-hybridized carbons (Fsp3) is 0.448. The van der Waals surface area contributed by atoms with Crippen LogP contribution in [0.2, 0.25) is 0 Å². The Morgan fingerprint density at radius 1 is 0.927 bits per heavy atom. The molecule has 2 aromatic carbocycles. The number of carbonyl (C=O) groups excluding carboxylic acids is 1. The van der Waals surface area contributed by atoms with Gasteiger partial charge in [-0.15, -0.1) is 0 Å². The molecule has 1 saturated heterocycles. The molecule has 2 aliphatic heterocycles. The average molecular weight is 572 g/mol. The normalized spacial score (nSPS) is 33.0. The molecule has 220 valence electrons. The number of hydrogen-bond acceptors (Lipinski definition) is 12. The molecule has 3 aromatic rings. The minimum Gasteiger partial charge on any atom is -0.542 e. The maximum Gasteiger partial charge on any atom is 0.240 e. The van der Waals surface area contributed by atoms with Crippen LogP contribution in [0.15, 0.2) is 45.6 Å². The lowest BCUT2D eigenvalue weighted by Gasteiger charge is -2.64. The lowest BCUT2D eigenvalue weighted by Crippen LogP contribution is -2.85. The molecule has 12 nitrogen and oxygen atoms in total. The lowest BCUT2D eigenvalue weighted by atomic mass is 9.61. The second-order valence-corrected chi connectivity index (χ2v) is 11.2. The summed E-state index contributed by atoms with van der Waals surface area (Å²) in [5.41, 5.74) is -9.32. The zero-order chi connectivity index (χ0) is 30.2. The molecule has 1 fully saturated rings. The fourth-order valence-corrected chi connectivity index (χ4v) is 5.43. The summed E-state index contributed by atoms with van der Waals surface area (Å²) in [5.74, 6) is -3.78. The highest BCUT2D eigenvalue weighted by Gasteiger charge is 2.75. The number of carboxylic acid groups (broad SMARTS) is 1. The number of carbonyl (C=O) groups is 1. The average Bonchev–Trinajstić information content (AvgIpc) is 2.91. The Labute approximate surface area is 234 Å². The van der Waals surface area contributed by atoms with E-state index in [0.717, 1.165) is 0 Å². The van der Waals surface area contributed by atoms with E-state index in [1.165, 1.54) is 65.0 Å². The maximum atomic E-state index is 13.6. The van der Waals surface area contributed by atoms with Gasteiger partial charge in [-0.2, -0.15) is 0 Å². The van der Waals surface area contributed by atoms with Crippen molar-refractivity contribution in [1.29, 1.82) is 0 Å². The van der Waals surface area contributed by atoms with Gasteiger partial charge in [0.1, 0.15) is 47.3 Å². The molecule has 0 unspecified atom stereocenters. The van der Waals surface area contributed by atoms with E-state index in [9.17, 15) is 35.1 Å². The third-order valence-electron chi connectivity index (χ3n) is 8.72. The number of aromatic carboxylic acids is 1. The summed E-state index contributed by atoms with van der Waals surface area (Å²) >= 11 is 0. The molecular formula is C29H31O12-. The summed E-state index contributed by atoms with van der Waals surface area (Å²) in [7, 11) is 0. The van der Waals surface area contributed by atoms with Crippen LogP contribution in [0, 0.1) is 0 Å². The predicted octanol–water partition coefficient (Wildman–Crippen LogP) is 0.724. The van der Waals surface area contributed by atoms with E-state index in [1.807, 2.05) is 0 Å². The van der Waals surface area contributed by atoms with Gasteiger partial charge in [0.05, 0.1) is 17.6 Å². The third-order valence-corrected chi connectivity index (χ3v) is 8.72. The van der Waals surface area contributed by atoms with Crippen LogP contribution in [0.25, 0.3) is 22.1 Å². The van der Waals surface area contributed by atoms with E-state index in [0.29, 0.717) is 24.7 Å². The Hall–Kier alpha value is -3.68. The quantitative estimate of drug-likeness (QED) is 0.337. The highest BCUT2D eigenvalue weighted by atomic mass is 16.7. The number of carboxylic acids is 1. The van der Waals surface area contributed by atoms with E-state index in [-0.39, 0.29) is 27.8 Å². The Morgan fingerprint density at radius 2 is 1.59 bits per heavy atom. The molecule has 0 saturated carbocycles. The first-order valence-corrected chi connectivity index (χ1v) is 12.9. The zero-order valence-corrected chi connectivity index (χ0v) is 23.1. The molecule has 2 aliphatic rings. The van der Waals surface area contributed by atoms with Gasteiger partial charge in [-0.3, -0.25) is 4.79 Å². The Bertz CT molecular complexity index is 1600. The topological polar surface area (TPSA) is 188 Å². The summed E-state index contributed by atoms with van der Waals surface area (Å²) in [5, 5.41) is 56.1. The molecule has 4 N–H and O–H groups in total. The number of aliphatic hydroxyl groups excluding tert-OH is 1. The van der Waals surface area contributed by atoms with Crippen molar-refractivity contribution in [2.75, 3.05) is 19.8 Å². The lowest BCUT2D eigenvalue weighted by molar-refractivity contribution is -0.441. The van der Waals surface area contributed by atoms with Gasteiger partial charge in [0.2, 0.25) is 11.2 Å². The Morgan fingerprint density at radius 3 is 2.22 bits per heavy atom. The summed E-state index contributed by atoms with van der Waals surface area (Å²) in [4.78, 5) is 25.6. The minimum atomic E-state index is -2.27. The van der Waals surface area contributed by atoms with Crippen LogP contribution in [-0.4, -0.2) is 74.4 Å². The van der Waals surface area contributed by atoms with Crippen molar-refractivity contribution in [3.8, 4) is 28.4 Å². The smallest absolute Gasteiger partial charge is 0.240 e. The van der Waals surface area contributed by atoms with Crippen molar-refractivity contribution in [2.24, 2.45) is 0 Å². The van der Waals surface area contributed by atoms with Gasteiger partial charge in [0, 0.05) is 13.0 Å². The molecule has 0 amide bonds. The van der Waals surface area contributed by atoms with Gasteiger partial charge in [-0.1, -0.05) is 6.07 Å². The molecule has 1 aromatic heterocycles. The Kier molecular flexibility index (Phi) is 6.44. The number of aliphatic hydroxyl groups is 4. The van der Waals surface area contributed by atoms with Crippen molar-refractivity contribution in [3.63, 3.8) is 0 Å². The monoisotopic (exact) mass is 571 g/mol. The number of rotatable bonds is 5. The van der Waals surface area contributed by atoms with Crippen LogP contribution >= 0.6 is 0 Å². The van der Waals surface area contributed by atoms with Crippen molar-refractivity contribution < 1.29 is 53.7 Å². The molecule has 0 bridgehead atoms. The highest BCUT2D eigenvalue weighted by Crippen LogP contribution is 2.53. The summed E-state index contributed by atoms with van der Waals surface area (Å²) in [6.07, 6.45) is 0. The standard InChI is InChI=1S/C29H32O12/c1-25(14-30)26(2,34)27(3,35)28(4,36)29(5,41-25)40-16-7-8-17-19(13-16)39-23(24(32)33)21(22(17)31)15-6-9-18-20(12-15)38-11-10-37-18/h6-9,12-13,30,34-36H,10-11,14H2,1-5H3,(H,32,33)/p-1/t25-,26-,27+,28+,29-/m0/s1. The van der Waals surface area contributed by atoms with E-state index in [4.69, 9.17) is 23.4 Å². The van der Waals surface area contributed by atoms with Gasteiger partial charge in [0.25, 0.3) is 0 Å². The first kappa shape index (κ1) is 28.8. The molecule has 0 radical (unpaired) electrons. The van der Waals surface area contributed by atoms with Gasteiger partial charge < -0.3 is 53.7 Å². The Balaban J connectivity index is 1.60. The zero-order valence-electron chi connectivity index (χ0n) is 23.1. The molecular weight excluding hydrogens is 540 g/mol. The molecule has 41 heavy (non-hydrogen) atoms. The summed E-state index contributed by atoms with van der Waals surface area (Å²) in [6, 6.07) is 8.49. The van der Waals surface area contributed by atoms with E-state index >= 15 is 0 Å². The molecule has 0 aliphatic carbocycles. The number of benzene rings is 2. The van der Waals surface area contributed by atoms with Crippen LogP contribution in [0.3, 0.4) is 0 Å². The number of fused-ring (bicyclic) bond motifs is 2. The van der Waals surface area contributed by atoms with Gasteiger partial charge in [-0.05, 0) is 57.5 Å². The first-order chi connectivity index (χ1) is 19.0.